The van der Waals surface area contributed by atoms with E-state index in [-0.39, 0.29) is 11.9 Å². The van der Waals surface area contributed by atoms with Crippen LogP contribution < -0.4 is 11.1 Å². The topological polar surface area (TPSA) is 55.1 Å². The van der Waals surface area contributed by atoms with E-state index >= 15 is 0 Å². The summed E-state index contributed by atoms with van der Waals surface area (Å²) in [6, 6.07) is 7.84. The molecule has 1 fully saturated rings. The van der Waals surface area contributed by atoms with E-state index in [1.54, 1.807) is 0 Å². The second kappa shape index (κ2) is 5.59. The average Bonchev–Trinajstić information content (AvgIpc) is 2.26. The highest BCUT2D eigenvalue weighted by Gasteiger charge is 2.47. The third kappa shape index (κ3) is 2.82. The van der Waals surface area contributed by atoms with Crippen LogP contribution in [0.3, 0.4) is 0 Å². The normalized spacial score (nSPS) is 18.2. The van der Waals surface area contributed by atoms with Gasteiger partial charge in [-0.15, -0.1) is 0 Å². The maximum absolute atomic E-state index is 12.4. The highest BCUT2D eigenvalue weighted by molar-refractivity contribution is 9.10. The van der Waals surface area contributed by atoms with Crippen LogP contribution in [0, 0.1) is 5.41 Å². The number of nitrogens with two attached hydrogens (primary N) is 1. The molecule has 1 aliphatic carbocycles. The summed E-state index contributed by atoms with van der Waals surface area (Å²) in [6.07, 6.45) is 2.54. The highest BCUT2D eigenvalue weighted by Crippen LogP contribution is 2.41. The number of thiocarbonyl (C=S) groups is 1. The first-order chi connectivity index (χ1) is 8.95. The molecule has 0 bridgehead atoms. The van der Waals surface area contributed by atoms with Crippen molar-refractivity contribution >= 4 is 39.0 Å². The van der Waals surface area contributed by atoms with E-state index in [9.17, 15) is 4.79 Å². The standard InChI is InChI=1S/C14H17BrN2OS/c1-9(10-4-2-5-11(15)8-10)17-13(18)14(12(16)19)6-3-7-14/h2,4-5,8-9H,3,6-7H2,1H3,(H2,16,19)(H,17,18). The van der Waals surface area contributed by atoms with Crippen LogP contribution in [0.5, 0.6) is 0 Å². The summed E-state index contributed by atoms with van der Waals surface area (Å²) >= 11 is 8.49. The predicted octanol–water partition coefficient (Wildman–Crippen LogP) is 3.08. The summed E-state index contributed by atoms with van der Waals surface area (Å²) in [7, 11) is 0. The van der Waals surface area contributed by atoms with Gasteiger partial charge in [-0.25, -0.2) is 0 Å². The molecule has 1 saturated carbocycles. The second-order valence-electron chi connectivity index (χ2n) is 5.05. The number of hydrogen-bond donors (Lipinski definition) is 2. The maximum atomic E-state index is 12.4. The van der Waals surface area contributed by atoms with Crippen molar-refractivity contribution in [2.75, 3.05) is 0 Å². The summed E-state index contributed by atoms with van der Waals surface area (Å²) in [5.41, 5.74) is 6.18. The Bertz CT molecular complexity index is 514. The van der Waals surface area contributed by atoms with Crippen LogP contribution in [0.1, 0.15) is 37.8 Å². The number of hydrogen-bond acceptors (Lipinski definition) is 2. The molecule has 0 aromatic heterocycles. The molecular formula is C14H17BrN2OS. The van der Waals surface area contributed by atoms with Gasteiger partial charge in [-0.3, -0.25) is 4.79 Å². The van der Waals surface area contributed by atoms with Crippen LogP contribution in [-0.2, 0) is 4.79 Å². The number of amides is 1. The van der Waals surface area contributed by atoms with E-state index < -0.39 is 5.41 Å². The number of carbonyl (C=O) groups excluding carboxylic acids is 1. The van der Waals surface area contributed by atoms with Gasteiger partial charge < -0.3 is 11.1 Å². The number of halogens is 1. The summed E-state index contributed by atoms with van der Waals surface area (Å²) in [5.74, 6) is -0.0428. The Balaban J connectivity index is 2.09. The third-order valence-corrected chi connectivity index (χ3v) is 4.69. The molecule has 0 heterocycles. The van der Waals surface area contributed by atoms with Crippen molar-refractivity contribution in [1.82, 2.24) is 5.32 Å². The van der Waals surface area contributed by atoms with Crippen LogP contribution in [0.2, 0.25) is 0 Å². The monoisotopic (exact) mass is 340 g/mol. The zero-order valence-corrected chi connectivity index (χ0v) is 13.2. The second-order valence-corrected chi connectivity index (χ2v) is 6.41. The van der Waals surface area contributed by atoms with Gasteiger partial charge in [0.2, 0.25) is 5.91 Å². The van der Waals surface area contributed by atoms with Crippen molar-refractivity contribution < 1.29 is 4.79 Å². The summed E-state index contributed by atoms with van der Waals surface area (Å²) in [4.78, 5) is 12.7. The zero-order valence-electron chi connectivity index (χ0n) is 10.8. The fourth-order valence-corrected chi connectivity index (χ4v) is 3.02. The van der Waals surface area contributed by atoms with E-state index in [0.29, 0.717) is 4.99 Å². The predicted molar refractivity (Wildman–Crippen MR) is 83.8 cm³/mol. The van der Waals surface area contributed by atoms with Crippen molar-refractivity contribution in [3.63, 3.8) is 0 Å². The maximum Gasteiger partial charge on any atom is 0.233 e. The van der Waals surface area contributed by atoms with Crippen LogP contribution in [0.4, 0.5) is 0 Å². The van der Waals surface area contributed by atoms with Crippen molar-refractivity contribution in [3.8, 4) is 0 Å². The lowest BCUT2D eigenvalue weighted by molar-refractivity contribution is -0.131. The fourth-order valence-electron chi connectivity index (χ4n) is 2.31. The molecule has 5 heteroatoms. The molecule has 3 N–H and O–H groups in total. The zero-order chi connectivity index (χ0) is 14.0. The molecule has 1 aromatic rings. The van der Waals surface area contributed by atoms with Gasteiger partial charge in [-0.2, -0.15) is 0 Å². The molecule has 1 aliphatic rings. The molecule has 102 valence electrons. The minimum Gasteiger partial charge on any atom is -0.392 e. The molecule has 3 nitrogen and oxygen atoms in total. The molecule has 1 unspecified atom stereocenters. The quantitative estimate of drug-likeness (QED) is 0.828. The van der Waals surface area contributed by atoms with Gasteiger partial charge in [0.15, 0.2) is 0 Å². The molecule has 1 aromatic carbocycles. The third-order valence-electron chi connectivity index (χ3n) is 3.81. The van der Waals surface area contributed by atoms with Crippen LogP contribution in [0.25, 0.3) is 0 Å². The first-order valence-electron chi connectivity index (χ1n) is 6.32. The van der Waals surface area contributed by atoms with Crippen molar-refractivity contribution in [1.29, 1.82) is 0 Å². The summed E-state index contributed by atoms with van der Waals surface area (Å²) in [5, 5.41) is 3.02. The van der Waals surface area contributed by atoms with Gasteiger partial charge in [0.1, 0.15) is 0 Å². The van der Waals surface area contributed by atoms with Crippen molar-refractivity contribution in [2.24, 2.45) is 11.1 Å². The Kier molecular flexibility index (Phi) is 4.26. The van der Waals surface area contributed by atoms with Gasteiger partial charge in [-0.1, -0.05) is 46.7 Å². The molecule has 0 radical (unpaired) electrons. The number of carbonyl (C=O) groups is 1. The van der Waals surface area contributed by atoms with Crippen LogP contribution in [-0.4, -0.2) is 10.9 Å². The smallest absolute Gasteiger partial charge is 0.233 e. The molecule has 2 rings (SSSR count). The Morgan fingerprint density at radius 2 is 2.21 bits per heavy atom. The Labute approximate surface area is 127 Å². The van der Waals surface area contributed by atoms with Gasteiger partial charge >= 0.3 is 0 Å². The first kappa shape index (κ1) is 14.5. The Morgan fingerprint density at radius 3 is 2.68 bits per heavy atom. The van der Waals surface area contributed by atoms with E-state index in [1.165, 1.54) is 0 Å². The van der Waals surface area contributed by atoms with E-state index in [2.05, 4.69) is 21.2 Å². The van der Waals surface area contributed by atoms with Crippen molar-refractivity contribution in [2.45, 2.75) is 32.2 Å². The lowest BCUT2D eigenvalue weighted by Gasteiger charge is -2.39. The lowest BCUT2D eigenvalue weighted by Crippen LogP contribution is -2.53. The minimum atomic E-state index is -0.615. The first-order valence-corrected chi connectivity index (χ1v) is 7.52. The van der Waals surface area contributed by atoms with E-state index in [0.717, 1.165) is 29.3 Å². The van der Waals surface area contributed by atoms with Gasteiger partial charge in [0.05, 0.1) is 16.4 Å². The molecule has 1 atom stereocenters. The average molecular weight is 341 g/mol. The highest BCUT2D eigenvalue weighted by atomic mass is 79.9. The van der Waals surface area contributed by atoms with Gasteiger partial charge in [-0.05, 0) is 37.5 Å². The van der Waals surface area contributed by atoms with Crippen LogP contribution >= 0.6 is 28.1 Å². The number of benzene rings is 1. The SMILES string of the molecule is CC(NC(=O)C1(C(N)=S)CCC1)c1cccc(Br)c1. The number of rotatable bonds is 4. The molecule has 1 amide bonds. The van der Waals surface area contributed by atoms with E-state index in [1.807, 2.05) is 31.2 Å². The largest absolute Gasteiger partial charge is 0.392 e. The van der Waals surface area contributed by atoms with Crippen molar-refractivity contribution in [3.05, 3.63) is 34.3 Å². The summed E-state index contributed by atoms with van der Waals surface area (Å²) in [6.45, 7) is 1.96. The van der Waals surface area contributed by atoms with E-state index in [4.69, 9.17) is 18.0 Å². The van der Waals surface area contributed by atoms with Crippen LogP contribution in [0.15, 0.2) is 28.7 Å². The fraction of sp³-hybridized carbons (Fsp3) is 0.429. The minimum absolute atomic E-state index is 0.0428. The number of nitrogens with one attached hydrogen (secondary N) is 1. The Hall–Kier alpha value is -0.940. The van der Waals surface area contributed by atoms with Gasteiger partial charge in [0, 0.05) is 4.47 Å². The molecule has 19 heavy (non-hydrogen) atoms. The summed E-state index contributed by atoms with van der Waals surface area (Å²) < 4.78 is 0.999. The molecule has 0 aliphatic heterocycles. The molecule has 0 saturated heterocycles. The Morgan fingerprint density at radius 1 is 1.53 bits per heavy atom. The lowest BCUT2D eigenvalue weighted by atomic mass is 9.68. The van der Waals surface area contributed by atoms with Gasteiger partial charge in [0.25, 0.3) is 0 Å². The molecule has 0 spiro atoms. The molecular weight excluding hydrogens is 324 g/mol.